The number of anilines is 1. The number of rotatable bonds is 4. The Bertz CT molecular complexity index is 832. The fourth-order valence-electron chi connectivity index (χ4n) is 3.01. The molecule has 3 heterocycles. The van der Waals surface area contributed by atoms with Crippen molar-refractivity contribution in [2.24, 2.45) is 0 Å². The number of hydrogen-bond donors (Lipinski definition) is 1. The summed E-state index contributed by atoms with van der Waals surface area (Å²) in [7, 11) is 2.06. The first-order valence-electron chi connectivity index (χ1n) is 7.78. The molecule has 0 aliphatic carbocycles. The molecule has 0 atom stereocenters. The lowest BCUT2D eigenvalue weighted by Crippen LogP contribution is -2.22. The minimum atomic E-state index is 0.759. The average molecular weight is 310 g/mol. The van der Waals surface area contributed by atoms with Gasteiger partial charge < -0.3 is 4.90 Å². The van der Waals surface area contributed by atoms with Gasteiger partial charge in [-0.25, -0.2) is 15.0 Å². The van der Waals surface area contributed by atoms with Gasteiger partial charge in [0.25, 0.3) is 0 Å². The highest BCUT2D eigenvalue weighted by molar-refractivity contribution is 5.89. The molecule has 23 heavy (non-hydrogen) atoms. The molecule has 0 fully saturated rings. The predicted octanol–water partition coefficient (Wildman–Crippen LogP) is 2.66. The van der Waals surface area contributed by atoms with E-state index < -0.39 is 0 Å². The predicted molar refractivity (Wildman–Crippen MR) is 91.8 cm³/mol. The fraction of sp³-hybridized carbons (Fsp3) is 0.412. The van der Waals surface area contributed by atoms with Gasteiger partial charge in [0.1, 0.15) is 12.1 Å². The quantitative estimate of drug-likeness (QED) is 0.802. The third-order valence-electron chi connectivity index (χ3n) is 4.25. The first kappa shape index (κ1) is 15.4. The number of likely N-dealkylation sites (N-methyl/N-ethyl adjacent to an activating group) is 1. The van der Waals surface area contributed by atoms with E-state index in [1.807, 2.05) is 13.8 Å². The van der Waals surface area contributed by atoms with Crippen molar-refractivity contribution >= 4 is 16.9 Å². The minimum absolute atomic E-state index is 0.759. The van der Waals surface area contributed by atoms with Crippen LogP contribution in [0.3, 0.4) is 0 Å². The van der Waals surface area contributed by atoms with Crippen LogP contribution in [0, 0.1) is 27.7 Å². The highest BCUT2D eigenvalue weighted by Gasteiger charge is 2.14. The zero-order valence-electron chi connectivity index (χ0n) is 14.3. The highest BCUT2D eigenvalue weighted by atomic mass is 15.2. The Kier molecular flexibility index (Phi) is 3.98. The zero-order chi connectivity index (χ0) is 16.6. The summed E-state index contributed by atoms with van der Waals surface area (Å²) in [6.45, 7) is 9.03. The molecule has 3 rings (SSSR count). The molecular weight excluding hydrogens is 288 g/mol. The summed E-state index contributed by atoms with van der Waals surface area (Å²) < 4.78 is 0. The molecule has 6 nitrogen and oxygen atoms in total. The van der Waals surface area contributed by atoms with E-state index in [0.717, 1.165) is 52.5 Å². The number of aromatic nitrogens is 5. The lowest BCUT2D eigenvalue weighted by Gasteiger charge is -2.20. The standard InChI is InChI=1S/C17H22N6/c1-10-8-11(2)20-16-15(10)17(19-9-18-16)23(5)7-6-14-12(3)21-22-13(14)4/h8-9H,6-7H2,1-5H3,(H,21,22). The molecule has 0 saturated heterocycles. The Morgan fingerprint density at radius 1 is 1.13 bits per heavy atom. The number of aryl methyl sites for hydroxylation is 4. The number of H-pyrrole nitrogens is 1. The maximum absolute atomic E-state index is 4.53. The number of nitrogens with zero attached hydrogens (tertiary/aromatic N) is 5. The molecule has 0 aromatic carbocycles. The first-order valence-corrected chi connectivity index (χ1v) is 7.78. The van der Waals surface area contributed by atoms with Crippen molar-refractivity contribution in [2.45, 2.75) is 34.1 Å². The van der Waals surface area contributed by atoms with E-state index in [1.165, 1.54) is 5.56 Å². The van der Waals surface area contributed by atoms with Crippen molar-refractivity contribution in [1.82, 2.24) is 25.1 Å². The molecule has 0 aliphatic rings. The Morgan fingerprint density at radius 3 is 2.61 bits per heavy atom. The van der Waals surface area contributed by atoms with Crippen molar-refractivity contribution in [3.05, 3.63) is 40.6 Å². The number of pyridine rings is 1. The van der Waals surface area contributed by atoms with Crippen LogP contribution in [0.2, 0.25) is 0 Å². The van der Waals surface area contributed by atoms with Crippen LogP contribution in [0.4, 0.5) is 5.82 Å². The van der Waals surface area contributed by atoms with E-state index in [1.54, 1.807) is 6.33 Å². The van der Waals surface area contributed by atoms with E-state index >= 15 is 0 Å². The van der Waals surface area contributed by atoms with Gasteiger partial charge in [-0.05, 0) is 51.3 Å². The SMILES string of the molecule is Cc1cc(C)c2c(N(C)CCc3c(C)n[nH]c3C)ncnc2n1. The Balaban J connectivity index is 1.91. The average Bonchev–Trinajstić information content (AvgIpc) is 2.82. The number of hydrogen-bond acceptors (Lipinski definition) is 5. The monoisotopic (exact) mass is 310 g/mol. The van der Waals surface area contributed by atoms with E-state index in [9.17, 15) is 0 Å². The van der Waals surface area contributed by atoms with E-state index in [4.69, 9.17) is 0 Å². The summed E-state index contributed by atoms with van der Waals surface area (Å²) in [5.74, 6) is 0.929. The Labute approximate surface area is 136 Å². The second-order valence-electron chi connectivity index (χ2n) is 6.06. The third kappa shape index (κ3) is 2.88. The summed E-state index contributed by atoms with van der Waals surface area (Å²) in [5.41, 5.74) is 6.38. The van der Waals surface area contributed by atoms with Gasteiger partial charge in [0.05, 0.1) is 11.1 Å². The van der Waals surface area contributed by atoms with Crippen molar-refractivity contribution in [3.63, 3.8) is 0 Å². The van der Waals surface area contributed by atoms with Gasteiger partial charge in [-0.1, -0.05) is 0 Å². The van der Waals surface area contributed by atoms with Crippen LogP contribution in [0.25, 0.3) is 11.0 Å². The van der Waals surface area contributed by atoms with Crippen LogP contribution in [0.15, 0.2) is 12.4 Å². The lowest BCUT2D eigenvalue weighted by molar-refractivity contribution is 0.852. The number of aromatic amines is 1. The number of fused-ring (bicyclic) bond motifs is 1. The molecule has 6 heteroatoms. The van der Waals surface area contributed by atoms with Crippen LogP contribution in [0.5, 0.6) is 0 Å². The van der Waals surface area contributed by atoms with E-state index in [0.29, 0.717) is 0 Å². The van der Waals surface area contributed by atoms with Gasteiger partial charge in [-0.3, -0.25) is 5.10 Å². The van der Waals surface area contributed by atoms with Crippen LogP contribution in [-0.2, 0) is 6.42 Å². The van der Waals surface area contributed by atoms with Crippen LogP contribution in [-0.4, -0.2) is 38.7 Å². The van der Waals surface area contributed by atoms with Gasteiger partial charge in [-0.15, -0.1) is 0 Å². The van der Waals surface area contributed by atoms with Gasteiger partial charge in [-0.2, -0.15) is 5.10 Å². The molecule has 0 aliphatic heterocycles. The van der Waals surface area contributed by atoms with Gasteiger partial charge >= 0.3 is 0 Å². The summed E-state index contributed by atoms with van der Waals surface area (Å²) in [6, 6.07) is 2.08. The maximum Gasteiger partial charge on any atom is 0.165 e. The minimum Gasteiger partial charge on any atom is -0.359 e. The van der Waals surface area contributed by atoms with Gasteiger partial charge in [0, 0.05) is 25.0 Å². The van der Waals surface area contributed by atoms with Crippen LogP contribution in [0.1, 0.15) is 28.2 Å². The molecule has 3 aromatic heterocycles. The highest BCUT2D eigenvalue weighted by Crippen LogP contribution is 2.25. The summed E-state index contributed by atoms with van der Waals surface area (Å²) in [6.07, 6.45) is 2.52. The normalized spacial score (nSPS) is 11.2. The van der Waals surface area contributed by atoms with E-state index in [-0.39, 0.29) is 0 Å². The molecular formula is C17H22N6. The largest absolute Gasteiger partial charge is 0.359 e. The van der Waals surface area contributed by atoms with Crippen molar-refractivity contribution in [1.29, 1.82) is 0 Å². The molecule has 0 unspecified atom stereocenters. The van der Waals surface area contributed by atoms with Crippen LogP contribution < -0.4 is 4.90 Å². The third-order valence-corrected chi connectivity index (χ3v) is 4.25. The molecule has 0 radical (unpaired) electrons. The summed E-state index contributed by atoms with van der Waals surface area (Å²) in [4.78, 5) is 15.5. The molecule has 120 valence electrons. The molecule has 0 amide bonds. The Hall–Kier alpha value is -2.50. The lowest BCUT2D eigenvalue weighted by atomic mass is 10.1. The topological polar surface area (TPSA) is 70.6 Å². The fourth-order valence-corrected chi connectivity index (χ4v) is 3.01. The maximum atomic E-state index is 4.53. The van der Waals surface area contributed by atoms with Crippen LogP contribution >= 0.6 is 0 Å². The van der Waals surface area contributed by atoms with Gasteiger partial charge in [0.15, 0.2) is 5.65 Å². The number of nitrogens with one attached hydrogen (secondary N) is 1. The smallest absolute Gasteiger partial charge is 0.165 e. The first-order chi connectivity index (χ1) is 11.0. The molecule has 1 N–H and O–H groups in total. The summed E-state index contributed by atoms with van der Waals surface area (Å²) in [5, 5.41) is 8.33. The van der Waals surface area contributed by atoms with Crippen molar-refractivity contribution < 1.29 is 0 Å². The zero-order valence-corrected chi connectivity index (χ0v) is 14.3. The Morgan fingerprint density at radius 2 is 1.91 bits per heavy atom. The van der Waals surface area contributed by atoms with E-state index in [2.05, 4.69) is 57.0 Å². The summed E-state index contributed by atoms with van der Waals surface area (Å²) >= 11 is 0. The molecule has 0 spiro atoms. The van der Waals surface area contributed by atoms with Crippen molar-refractivity contribution in [3.8, 4) is 0 Å². The van der Waals surface area contributed by atoms with Crippen molar-refractivity contribution in [2.75, 3.05) is 18.5 Å². The second kappa shape index (κ2) is 5.95. The van der Waals surface area contributed by atoms with Gasteiger partial charge in [0.2, 0.25) is 0 Å². The molecule has 0 bridgehead atoms. The second-order valence-corrected chi connectivity index (χ2v) is 6.06. The molecule has 0 saturated carbocycles. The molecule has 3 aromatic rings.